The molecule has 2 atom stereocenters. The third-order valence-corrected chi connectivity index (χ3v) is 8.89. The Morgan fingerprint density at radius 2 is 1.97 bits per heavy atom. The van der Waals surface area contributed by atoms with Gasteiger partial charge in [0.2, 0.25) is 5.95 Å². The fraction of sp³-hybridized carbons (Fsp3) is 0.536. The van der Waals surface area contributed by atoms with Gasteiger partial charge in [-0.25, -0.2) is 14.4 Å². The van der Waals surface area contributed by atoms with Crippen LogP contribution >= 0.6 is 0 Å². The van der Waals surface area contributed by atoms with Gasteiger partial charge in [-0.15, -0.1) is 0 Å². The molecule has 4 heterocycles. The zero-order valence-corrected chi connectivity index (χ0v) is 23.0. The molecular weight excluding hydrogens is 487 g/mol. The second-order valence-electron chi connectivity index (χ2n) is 10.9. The summed E-state index contributed by atoms with van der Waals surface area (Å²) in [7, 11) is -0.723. The summed E-state index contributed by atoms with van der Waals surface area (Å²) in [4.78, 5) is 18.1. The van der Waals surface area contributed by atoms with E-state index >= 15 is 0 Å². The third-order valence-electron chi connectivity index (χ3n) is 7.40. The second kappa shape index (κ2) is 10.5. The number of benzene rings is 1. The lowest BCUT2D eigenvalue weighted by Gasteiger charge is -2.41. The molecule has 3 aromatic rings. The van der Waals surface area contributed by atoms with Crippen LogP contribution in [0.1, 0.15) is 52.0 Å². The van der Waals surface area contributed by atoms with E-state index in [-0.39, 0.29) is 0 Å². The van der Waals surface area contributed by atoms with Gasteiger partial charge in [-0.3, -0.25) is 4.21 Å². The van der Waals surface area contributed by atoms with Crippen LogP contribution in [-0.2, 0) is 10.8 Å². The van der Waals surface area contributed by atoms with Crippen LogP contribution in [0, 0.1) is 5.92 Å². The van der Waals surface area contributed by atoms with Crippen LogP contribution in [0.5, 0.6) is 0 Å². The fourth-order valence-electron chi connectivity index (χ4n) is 5.41. The van der Waals surface area contributed by atoms with E-state index in [0.29, 0.717) is 42.4 Å². The van der Waals surface area contributed by atoms with Gasteiger partial charge in [-0.1, -0.05) is 26.8 Å². The number of nitrogens with zero attached hydrogens (tertiary/aromatic N) is 5. The van der Waals surface area contributed by atoms with Gasteiger partial charge >= 0.3 is 0 Å². The summed E-state index contributed by atoms with van der Waals surface area (Å²) >= 11 is 0. The maximum Gasteiger partial charge on any atom is 0.227 e. The van der Waals surface area contributed by atoms with E-state index in [1.165, 1.54) is 16.6 Å². The molecule has 1 aromatic carbocycles. The largest absolute Gasteiger partial charge is 0.370 e. The summed E-state index contributed by atoms with van der Waals surface area (Å²) in [5.41, 5.74) is 1.23. The number of hydrogen-bond acceptors (Lipinski definition) is 7. The Balaban J connectivity index is 1.38. The van der Waals surface area contributed by atoms with E-state index in [9.17, 15) is 8.60 Å². The van der Waals surface area contributed by atoms with Gasteiger partial charge < -0.3 is 15.1 Å². The molecule has 1 N–H and O–H groups in total. The highest BCUT2D eigenvalue weighted by Gasteiger charge is 2.32. The molecule has 1 unspecified atom stereocenters. The minimum Gasteiger partial charge on any atom is -0.370 e. The first kappa shape index (κ1) is 25.8. The highest BCUT2D eigenvalue weighted by molar-refractivity contribution is 7.84. The summed E-state index contributed by atoms with van der Waals surface area (Å²) in [5, 5.41) is 5.64. The van der Waals surface area contributed by atoms with Crippen LogP contribution in [0.15, 0.2) is 36.7 Å². The van der Waals surface area contributed by atoms with E-state index in [4.69, 9.17) is 4.98 Å². The smallest absolute Gasteiger partial charge is 0.227 e. The maximum absolute atomic E-state index is 14.6. The van der Waals surface area contributed by atoms with Crippen LogP contribution in [0.3, 0.4) is 0 Å². The quantitative estimate of drug-likeness (QED) is 0.421. The van der Waals surface area contributed by atoms with Gasteiger partial charge in [0.15, 0.2) is 0 Å². The molecule has 2 aliphatic heterocycles. The van der Waals surface area contributed by atoms with E-state index < -0.39 is 16.5 Å². The molecule has 7 nitrogen and oxygen atoms in total. The Kier molecular flexibility index (Phi) is 7.34. The number of piperidine rings is 1. The molecule has 0 saturated carbocycles. The third kappa shape index (κ3) is 5.71. The molecule has 0 spiro atoms. The highest BCUT2D eigenvalue weighted by atomic mass is 32.2. The minimum atomic E-state index is -1.22. The van der Waals surface area contributed by atoms with Crippen LogP contribution in [0.4, 0.5) is 27.7 Å². The number of alkyl halides is 1. The zero-order chi connectivity index (χ0) is 26.2. The van der Waals surface area contributed by atoms with Crippen LogP contribution in [-0.4, -0.2) is 62.5 Å². The maximum atomic E-state index is 14.6. The summed E-state index contributed by atoms with van der Waals surface area (Å²) < 4.78 is 26.5. The summed E-state index contributed by atoms with van der Waals surface area (Å²) in [5.74, 6) is 4.24. The molecule has 0 amide bonds. The first-order chi connectivity index (χ1) is 17.7. The molecule has 2 fully saturated rings. The van der Waals surface area contributed by atoms with Crippen molar-refractivity contribution in [2.75, 3.05) is 52.8 Å². The Labute approximate surface area is 221 Å². The average Bonchev–Trinajstić information content (AvgIpc) is 2.84. The van der Waals surface area contributed by atoms with Crippen molar-refractivity contribution in [3.8, 4) is 0 Å². The van der Waals surface area contributed by atoms with Gasteiger partial charge in [-0.2, -0.15) is 4.98 Å². The number of anilines is 4. The van der Waals surface area contributed by atoms with Crippen molar-refractivity contribution in [1.29, 1.82) is 0 Å². The van der Waals surface area contributed by atoms with Crippen LogP contribution in [0.2, 0.25) is 0 Å². The summed E-state index contributed by atoms with van der Waals surface area (Å²) in [6, 6.07) is 8.33. The molecule has 37 heavy (non-hydrogen) atoms. The molecule has 9 heteroatoms. The van der Waals surface area contributed by atoms with Gasteiger partial charge in [0.1, 0.15) is 17.3 Å². The van der Waals surface area contributed by atoms with Gasteiger partial charge in [-0.05, 0) is 54.8 Å². The van der Waals surface area contributed by atoms with Crippen LogP contribution < -0.4 is 15.1 Å². The standard InChI is InChI=1S/C28H37FN6OS/c1-5-37(36)17-20-15-35(16-20)24-8-7-21(19(2)3)22-13-26(31-14-23(22)24)32-25-9-11-30-27(33-25)34-12-6-10-28(4,29)18-34/h7-9,11,13-14,19-20H,5-6,10,12,15-18H2,1-4H3,(H,30,31,32,33)/t28-,37?/m0/s1. The number of pyridine rings is 1. The number of hydrogen-bond donors (Lipinski definition) is 1. The SMILES string of the molecule is CCS(=O)CC1CN(c2ccc(C(C)C)c3cc(Nc4ccnc(N5CCC[C@](C)(F)C5)n4)ncc23)C1. The van der Waals surface area contributed by atoms with E-state index in [2.05, 4.69) is 52.2 Å². The molecule has 198 valence electrons. The Hall–Kier alpha value is -2.81. The molecule has 2 saturated heterocycles. The molecule has 0 bridgehead atoms. The average molecular weight is 525 g/mol. The van der Waals surface area contributed by atoms with Crippen molar-refractivity contribution < 1.29 is 8.60 Å². The predicted octanol–water partition coefficient (Wildman–Crippen LogP) is 5.43. The van der Waals surface area contributed by atoms with E-state index in [1.807, 2.05) is 24.1 Å². The van der Waals surface area contributed by atoms with Crippen molar-refractivity contribution in [3.63, 3.8) is 0 Å². The van der Waals surface area contributed by atoms with Crippen molar-refractivity contribution in [3.05, 3.63) is 42.2 Å². The molecule has 2 aromatic heterocycles. The number of fused-ring (bicyclic) bond motifs is 1. The lowest BCUT2D eigenvalue weighted by molar-refractivity contribution is 0.159. The van der Waals surface area contributed by atoms with Crippen molar-refractivity contribution >= 4 is 44.8 Å². The monoisotopic (exact) mass is 524 g/mol. The van der Waals surface area contributed by atoms with E-state index in [0.717, 1.165) is 42.9 Å². The van der Waals surface area contributed by atoms with Crippen molar-refractivity contribution in [2.45, 2.75) is 52.1 Å². The zero-order valence-electron chi connectivity index (χ0n) is 22.2. The number of rotatable bonds is 8. The highest BCUT2D eigenvalue weighted by Crippen LogP contribution is 2.37. The molecule has 0 radical (unpaired) electrons. The summed E-state index contributed by atoms with van der Waals surface area (Å²) in [6.45, 7) is 11.0. The molecule has 0 aliphatic carbocycles. The van der Waals surface area contributed by atoms with Gasteiger partial charge in [0, 0.05) is 71.3 Å². The fourth-order valence-corrected chi connectivity index (χ4v) is 6.39. The molecule has 5 rings (SSSR count). The predicted molar refractivity (Wildman–Crippen MR) is 151 cm³/mol. The number of halogens is 1. The number of aromatic nitrogens is 3. The normalized spacial score (nSPS) is 21.4. The van der Waals surface area contributed by atoms with Crippen molar-refractivity contribution in [1.82, 2.24) is 15.0 Å². The Morgan fingerprint density at radius 3 is 2.70 bits per heavy atom. The Bertz CT molecular complexity index is 1290. The lowest BCUT2D eigenvalue weighted by atomic mass is 9.93. The lowest BCUT2D eigenvalue weighted by Crippen LogP contribution is -2.49. The van der Waals surface area contributed by atoms with Crippen molar-refractivity contribution in [2.24, 2.45) is 5.92 Å². The molecular formula is C28H37FN6OS. The first-order valence-corrected chi connectivity index (χ1v) is 14.8. The van der Waals surface area contributed by atoms with E-state index in [1.54, 1.807) is 13.1 Å². The second-order valence-corrected chi connectivity index (χ2v) is 12.7. The Morgan fingerprint density at radius 1 is 1.16 bits per heavy atom. The minimum absolute atomic E-state index is 0.302. The first-order valence-electron chi connectivity index (χ1n) is 13.3. The van der Waals surface area contributed by atoms with Gasteiger partial charge in [0.05, 0.1) is 6.54 Å². The summed E-state index contributed by atoms with van der Waals surface area (Å²) in [6.07, 6.45) is 5.00. The number of nitrogens with one attached hydrogen (secondary N) is 1. The topological polar surface area (TPSA) is 74.2 Å². The van der Waals surface area contributed by atoms with Crippen LogP contribution in [0.25, 0.3) is 10.8 Å². The van der Waals surface area contributed by atoms with Gasteiger partial charge in [0.25, 0.3) is 0 Å². The molecule has 2 aliphatic rings.